The van der Waals surface area contributed by atoms with Gasteiger partial charge in [0.2, 0.25) is 5.91 Å². The fraction of sp³-hybridized carbons (Fsp3) is 0.444. The Labute approximate surface area is 196 Å². The third kappa shape index (κ3) is 5.88. The van der Waals surface area contributed by atoms with E-state index in [0.717, 1.165) is 35.7 Å². The lowest BCUT2D eigenvalue weighted by Crippen LogP contribution is -2.42. The molecular formula is C27H34N2O4. The maximum absolute atomic E-state index is 12.8. The van der Waals surface area contributed by atoms with Crippen molar-refractivity contribution in [3.8, 4) is 17.2 Å². The van der Waals surface area contributed by atoms with E-state index in [1.54, 1.807) is 6.08 Å². The van der Waals surface area contributed by atoms with Gasteiger partial charge in [0.05, 0.1) is 6.54 Å². The molecule has 6 heteroatoms. The van der Waals surface area contributed by atoms with E-state index in [2.05, 4.69) is 24.0 Å². The van der Waals surface area contributed by atoms with Crippen molar-refractivity contribution in [1.82, 2.24) is 10.2 Å². The summed E-state index contributed by atoms with van der Waals surface area (Å²) >= 11 is 0. The highest BCUT2D eigenvalue weighted by Gasteiger charge is 2.36. The molecule has 6 nitrogen and oxygen atoms in total. The quantitative estimate of drug-likeness (QED) is 0.553. The average molecular weight is 451 g/mol. The first kappa shape index (κ1) is 23.2. The molecule has 4 rings (SSSR count). The molecular weight excluding hydrogens is 416 g/mol. The molecule has 0 bridgehead atoms. The van der Waals surface area contributed by atoms with Crippen molar-refractivity contribution in [2.75, 3.05) is 40.0 Å². The number of nitrogens with zero attached hydrogens (tertiary/aromatic N) is 1. The second-order valence-electron chi connectivity index (χ2n) is 9.04. The summed E-state index contributed by atoms with van der Waals surface area (Å²) < 4.78 is 17.0. The average Bonchev–Trinajstić information content (AvgIpc) is 3.32. The van der Waals surface area contributed by atoms with Crippen LogP contribution in [-0.4, -0.2) is 50.8 Å². The summed E-state index contributed by atoms with van der Waals surface area (Å²) in [5, 5.41) is 3.21. The van der Waals surface area contributed by atoms with Crippen LogP contribution in [0.3, 0.4) is 0 Å². The largest absolute Gasteiger partial charge is 0.490 e. The zero-order valence-electron chi connectivity index (χ0n) is 19.5. The summed E-state index contributed by atoms with van der Waals surface area (Å²) in [5.74, 6) is 2.49. The van der Waals surface area contributed by atoms with Crippen LogP contribution in [0.2, 0.25) is 0 Å². The first-order valence-electron chi connectivity index (χ1n) is 11.8. The fourth-order valence-corrected chi connectivity index (χ4v) is 4.78. The van der Waals surface area contributed by atoms with Crippen molar-refractivity contribution < 1.29 is 19.0 Å². The van der Waals surface area contributed by atoms with Crippen molar-refractivity contribution in [2.24, 2.45) is 0 Å². The molecule has 1 N–H and O–H groups in total. The van der Waals surface area contributed by atoms with Gasteiger partial charge in [-0.3, -0.25) is 9.69 Å². The lowest BCUT2D eigenvalue weighted by Gasteiger charge is -2.31. The molecule has 1 saturated carbocycles. The highest BCUT2D eigenvalue weighted by Crippen LogP contribution is 2.43. The van der Waals surface area contributed by atoms with Gasteiger partial charge < -0.3 is 19.5 Å². The van der Waals surface area contributed by atoms with E-state index < -0.39 is 0 Å². The van der Waals surface area contributed by atoms with Crippen molar-refractivity contribution in [3.05, 3.63) is 66.2 Å². The molecule has 176 valence electrons. The molecule has 0 radical (unpaired) electrons. The van der Waals surface area contributed by atoms with Gasteiger partial charge in [0.15, 0.2) is 11.5 Å². The van der Waals surface area contributed by atoms with E-state index in [0.29, 0.717) is 39.5 Å². The number of carbonyl (C=O) groups excluding carboxylic acids is 1. The van der Waals surface area contributed by atoms with Crippen LogP contribution in [0.15, 0.2) is 55.1 Å². The summed E-state index contributed by atoms with van der Waals surface area (Å²) in [6.07, 6.45) is 6.23. The summed E-state index contributed by atoms with van der Waals surface area (Å²) in [6, 6.07) is 14.2. The zero-order chi connectivity index (χ0) is 23.1. The van der Waals surface area contributed by atoms with Crippen molar-refractivity contribution in [1.29, 1.82) is 0 Å². The molecule has 0 unspecified atom stereocenters. The Morgan fingerprint density at radius 2 is 1.85 bits per heavy atom. The van der Waals surface area contributed by atoms with Gasteiger partial charge in [-0.25, -0.2) is 0 Å². The van der Waals surface area contributed by atoms with Crippen LogP contribution in [0.1, 0.15) is 36.8 Å². The van der Waals surface area contributed by atoms with Gasteiger partial charge in [0.1, 0.15) is 25.6 Å². The number of hydrogen-bond acceptors (Lipinski definition) is 5. The van der Waals surface area contributed by atoms with Gasteiger partial charge in [0, 0.05) is 18.5 Å². The maximum atomic E-state index is 12.8. The Morgan fingerprint density at radius 3 is 2.58 bits per heavy atom. The fourth-order valence-electron chi connectivity index (χ4n) is 4.78. The second-order valence-corrected chi connectivity index (χ2v) is 9.04. The molecule has 0 atom stereocenters. The maximum Gasteiger partial charge on any atom is 0.234 e. The summed E-state index contributed by atoms with van der Waals surface area (Å²) in [7, 11) is 1.97. The number of hydrogen-bond donors (Lipinski definition) is 1. The van der Waals surface area contributed by atoms with Crippen LogP contribution in [0, 0.1) is 0 Å². The second kappa shape index (κ2) is 10.8. The third-order valence-corrected chi connectivity index (χ3v) is 6.50. The highest BCUT2D eigenvalue weighted by atomic mass is 16.6. The van der Waals surface area contributed by atoms with E-state index in [1.807, 2.05) is 42.3 Å². The first-order chi connectivity index (χ1) is 16.1. The molecule has 2 aromatic carbocycles. The minimum atomic E-state index is -0.0364. The van der Waals surface area contributed by atoms with Gasteiger partial charge in [-0.05, 0) is 55.3 Å². The van der Waals surface area contributed by atoms with Crippen LogP contribution in [0.25, 0.3) is 0 Å². The highest BCUT2D eigenvalue weighted by molar-refractivity contribution is 5.78. The van der Waals surface area contributed by atoms with E-state index >= 15 is 0 Å². The molecule has 1 fully saturated rings. The molecule has 33 heavy (non-hydrogen) atoms. The molecule has 2 aliphatic rings. The monoisotopic (exact) mass is 450 g/mol. The number of fused-ring (bicyclic) bond motifs is 1. The zero-order valence-corrected chi connectivity index (χ0v) is 19.5. The van der Waals surface area contributed by atoms with Crippen molar-refractivity contribution >= 4 is 5.91 Å². The number of carbonyl (C=O) groups is 1. The van der Waals surface area contributed by atoms with Gasteiger partial charge in [-0.1, -0.05) is 43.7 Å². The molecule has 1 aliphatic heterocycles. The molecule has 0 aromatic heterocycles. The van der Waals surface area contributed by atoms with E-state index in [9.17, 15) is 4.79 Å². The minimum absolute atomic E-state index is 0.0364. The molecule has 0 spiro atoms. The van der Waals surface area contributed by atoms with Gasteiger partial charge >= 0.3 is 0 Å². The summed E-state index contributed by atoms with van der Waals surface area (Å²) in [4.78, 5) is 14.8. The number of amides is 1. The Morgan fingerprint density at radius 1 is 1.12 bits per heavy atom. The number of likely N-dealkylation sites (N-methyl/N-ethyl adjacent to an activating group) is 1. The molecule has 0 saturated heterocycles. The Balaban J connectivity index is 1.31. The van der Waals surface area contributed by atoms with Crippen LogP contribution in [0.4, 0.5) is 0 Å². The molecule has 1 heterocycles. The van der Waals surface area contributed by atoms with Crippen LogP contribution >= 0.6 is 0 Å². The van der Waals surface area contributed by atoms with Gasteiger partial charge in [-0.15, -0.1) is 0 Å². The van der Waals surface area contributed by atoms with Crippen molar-refractivity contribution in [3.63, 3.8) is 0 Å². The molecule has 2 aromatic rings. The SMILES string of the molecule is C=CCOc1ccc(CN(C)CC(=O)NCC2(c3ccc4c(c3)OCCO4)CCCC2)cc1. The van der Waals surface area contributed by atoms with E-state index in [4.69, 9.17) is 14.2 Å². The number of nitrogens with one attached hydrogen (secondary N) is 1. The normalized spacial score (nSPS) is 16.4. The standard InChI is InChI=1S/C27H34N2O4/c1-3-14-31-23-9-6-21(7-10-23)18-29(2)19-26(30)28-20-27(12-4-5-13-27)22-8-11-24-25(17-22)33-16-15-32-24/h3,6-11,17H,1,4-5,12-16,18-20H2,2H3,(H,28,30). The number of benzene rings is 2. The third-order valence-electron chi connectivity index (χ3n) is 6.50. The van der Waals surface area contributed by atoms with E-state index in [-0.39, 0.29) is 11.3 Å². The number of rotatable bonds is 10. The minimum Gasteiger partial charge on any atom is -0.490 e. The van der Waals surface area contributed by atoms with Crippen LogP contribution in [-0.2, 0) is 16.8 Å². The first-order valence-corrected chi connectivity index (χ1v) is 11.8. The lowest BCUT2D eigenvalue weighted by atomic mass is 9.78. The number of ether oxygens (including phenoxy) is 3. The van der Waals surface area contributed by atoms with Gasteiger partial charge in [0.25, 0.3) is 0 Å². The van der Waals surface area contributed by atoms with Gasteiger partial charge in [-0.2, -0.15) is 0 Å². The predicted molar refractivity (Wildman–Crippen MR) is 129 cm³/mol. The van der Waals surface area contributed by atoms with E-state index in [1.165, 1.54) is 18.4 Å². The molecule has 1 amide bonds. The Bertz CT molecular complexity index is 951. The Kier molecular flexibility index (Phi) is 7.55. The summed E-state index contributed by atoms with van der Waals surface area (Å²) in [5.41, 5.74) is 2.34. The van der Waals surface area contributed by atoms with Crippen LogP contribution in [0.5, 0.6) is 17.2 Å². The Hall–Kier alpha value is -2.99. The predicted octanol–water partition coefficient (Wildman–Crippen LogP) is 4.08. The lowest BCUT2D eigenvalue weighted by molar-refractivity contribution is -0.122. The molecule has 1 aliphatic carbocycles. The van der Waals surface area contributed by atoms with Crippen LogP contribution < -0.4 is 19.5 Å². The summed E-state index contributed by atoms with van der Waals surface area (Å²) in [6.45, 7) is 7.02. The van der Waals surface area contributed by atoms with Crippen molar-refractivity contribution in [2.45, 2.75) is 37.6 Å². The smallest absolute Gasteiger partial charge is 0.234 e. The topological polar surface area (TPSA) is 60.0 Å².